The van der Waals surface area contributed by atoms with Crippen molar-refractivity contribution in [3.63, 3.8) is 0 Å². The summed E-state index contributed by atoms with van der Waals surface area (Å²) in [5.41, 5.74) is 1.04. The van der Waals surface area contributed by atoms with Gasteiger partial charge in [-0.1, -0.05) is 26.7 Å². The van der Waals surface area contributed by atoms with Crippen molar-refractivity contribution >= 4 is 11.9 Å². The molecule has 1 saturated heterocycles. The lowest BCUT2D eigenvalue weighted by molar-refractivity contribution is -0.147. The first kappa shape index (κ1) is 21.5. The Morgan fingerprint density at radius 1 is 1.00 bits per heavy atom. The summed E-state index contributed by atoms with van der Waals surface area (Å²) in [5.74, 6) is -0.571. The number of hydrogen-bond acceptors (Lipinski definition) is 6. The molecule has 2 aliphatic rings. The van der Waals surface area contributed by atoms with Crippen molar-refractivity contribution in [1.82, 2.24) is 29.6 Å². The quantitative estimate of drug-likeness (QED) is 0.734. The van der Waals surface area contributed by atoms with Crippen LogP contribution in [0.4, 0.5) is 19.1 Å². The number of halogens is 3. The highest BCUT2D eigenvalue weighted by atomic mass is 19.4. The second-order valence-electron chi connectivity index (χ2n) is 8.35. The number of alkyl halides is 3. The van der Waals surface area contributed by atoms with Gasteiger partial charge < -0.3 is 14.4 Å². The third-order valence-electron chi connectivity index (χ3n) is 5.73. The molecule has 0 radical (unpaired) electrons. The average Bonchev–Trinajstić information content (AvgIpc) is 2.98. The molecule has 0 unspecified atom stereocenters. The van der Waals surface area contributed by atoms with Gasteiger partial charge in [0, 0.05) is 31.9 Å². The SMILES string of the molecule is CC(C)c1cc(C(=O)N2CCn3c(nnc3C(F)(F)F)C2)nc(N2CCCCCC2)n1. The highest BCUT2D eigenvalue weighted by molar-refractivity contribution is 5.92. The van der Waals surface area contributed by atoms with Crippen molar-refractivity contribution in [2.24, 2.45) is 0 Å². The van der Waals surface area contributed by atoms with E-state index in [2.05, 4.69) is 25.1 Å². The predicted molar refractivity (Wildman–Crippen MR) is 107 cm³/mol. The van der Waals surface area contributed by atoms with E-state index in [1.54, 1.807) is 6.07 Å². The number of nitrogens with zero attached hydrogens (tertiary/aromatic N) is 7. The van der Waals surface area contributed by atoms with E-state index < -0.39 is 12.0 Å². The van der Waals surface area contributed by atoms with Crippen LogP contribution in [0.2, 0.25) is 0 Å². The summed E-state index contributed by atoms with van der Waals surface area (Å²) in [5, 5.41) is 6.93. The van der Waals surface area contributed by atoms with E-state index in [0.29, 0.717) is 5.95 Å². The molecule has 0 bridgehead atoms. The molecule has 0 atom stereocenters. The van der Waals surface area contributed by atoms with Gasteiger partial charge >= 0.3 is 6.18 Å². The van der Waals surface area contributed by atoms with Gasteiger partial charge in [0.05, 0.1) is 6.54 Å². The Kier molecular flexibility index (Phi) is 5.85. The number of carbonyl (C=O) groups is 1. The van der Waals surface area contributed by atoms with Gasteiger partial charge in [0.1, 0.15) is 5.69 Å². The van der Waals surface area contributed by atoms with Gasteiger partial charge in [0.15, 0.2) is 5.82 Å². The first-order valence-corrected chi connectivity index (χ1v) is 10.7. The van der Waals surface area contributed by atoms with Crippen LogP contribution in [0.5, 0.6) is 0 Å². The topological polar surface area (TPSA) is 80.0 Å². The highest BCUT2D eigenvalue weighted by Crippen LogP contribution is 2.30. The summed E-state index contributed by atoms with van der Waals surface area (Å²) >= 11 is 0. The first-order valence-electron chi connectivity index (χ1n) is 10.7. The zero-order valence-electron chi connectivity index (χ0n) is 17.7. The molecule has 4 heterocycles. The van der Waals surface area contributed by atoms with Gasteiger partial charge in [-0.05, 0) is 24.8 Å². The number of aromatic nitrogens is 5. The number of carbonyl (C=O) groups excluding carboxylic acids is 1. The van der Waals surface area contributed by atoms with Gasteiger partial charge in [-0.25, -0.2) is 9.97 Å². The molecular weight excluding hydrogens is 411 g/mol. The van der Waals surface area contributed by atoms with Crippen molar-refractivity contribution in [1.29, 1.82) is 0 Å². The largest absolute Gasteiger partial charge is 0.451 e. The Balaban J connectivity index is 1.60. The smallest absolute Gasteiger partial charge is 0.341 e. The summed E-state index contributed by atoms with van der Waals surface area (Å²) in [6.45, 7) is 5.79. The van der Waals surface area contributed by atoms with Gasteiger partial charge in [0.2, 0.25) is 11.8 Å². The molecular formula is C20H26F3N7O. The normalized spacial score (nSPS) is 17.6. The van der Waals surface area contributed by atoms with Crippen LogP contribution in [0.25, 0.3) is 0 Å². The summed E-state index contributed by atoms with van der Waals surface area (Å²) in [4.78, 5) is 26.1. The molecule has 0 spiro atoms. The summed E-state index contributed by atoms with van der Waals surface area (Å²) < 4.78 is 40.3. The molecule has 11 heteroatoms. The second-order valence-corrected chi connectivity index (χ2v) is 8.35. The lowest BCUT2D eigenvalue weighted by Gasteiger charge is -2.28. The van der Waals surface area contributed by atoms with Crippen LogP contribution in [-0.2, 0) is 19.3 Å². The summed E-state index contributed by atoms with van der Waals surface area (Å²) in [6, 6.07) is 1.69. The Morgan fingerprint density at radius 3 is 2.35 bits per heavy atom. The van der Waals surface area contributed by atoms with Crippen molar-refractivity contribution in [3.8, 4) is 0 Å². The molecule has 0 saturated carbocycles. The minimum absolute atomic E-state index is 0.00990. The number of anilines is 1. The molecule has 168 valence electrons. The van der Waals surface area contributed by atoms with Crippen LogP contribution >= 0.6 is 0 Å². The van der Waals surface area contributed by atoms with Crippen LogP contribution < -0.4 is 4.90 Å². The Labute approximate surface area is 178 Å². The third kappa shape index (κ3) is 4.49. The van der Waals surface area contributed by atoms with E-state index in [1.165, 1.54) is 17.7 Å². The van der Waals surface area contributed by atoms with Gasteiger partial charge in [-0.2, -0.15) is 13.2 Å². The fraction of sp³-hybridized carbons (Fsp3) is 0.650. The van der Waals surface area contributed by atoms with Gasteiger partial charge in [-0.3, -0.25) is 4.79 Å². The Hall–Kier alpha value is -2.72. The zero-order valence-corrected chi connectivity index (χ0v) is 17.7. The molecule has 0 aromatic carbocycles. The number of hydrogen-bond donors (Lipinski definition) is 0. The lowest BCUT2D eigenvalue weighted by atomic mass is 10.1. The van der Waals surface area contributed by atoms with Crippen LogP contribution in [-0.4, -0.2) is 55.2 Å². The molecule has 1 fully saturated rings. The highest BCUT2D eigenvalue weighted by Gasteiger charge is 2.40. The van der Waals surface area contributed by atoms with E-state index in [1.807, 2.05) is 13.8 Å². The van der Waals surface area contributed by atoms with Crippen LogP contribution in [0.3, 0.4) is 0 Å². The minimum atomic E-state index is -4.57. The van der Waals surface area contributed by atoms with Gasteiger partial charge in [0.25, 0.3) is 5.91 Å². The third-order valence-corrected chi connectivity index (χ3v) is 5.73. The minimum Gasteiger partial charge on any atom is -0.341 e. The number of amides is 1. The number of fused-ring (bicyclic) bond motifs is 1. The maximum atomic E-state index is 13.2. The fourth-order valence-corrected chi connectivity index (χ4v) is 3.97. The standard InChI is InChI=1S/C20H26F3N7O/c1-13(2)14-11-15(25-19(24-14)28-7-5-3-4-6-8-28)17(31)29-9-10-30-16(12-29)26-27-18(30)20(21,22)23/h11,13H,3-10,12H2,1-2H3. The second kappa shape index (κ2) is 8.43. The summed E-state index contributed by atoms with van der Waals surface area (Å²) in [7, 11) is 0. The van der Waals surface area contributed by atoms with E-state index in [9.17, 15) is 18.0 Å². The van der Waals surface area contributed by atoms with Crippen LogP contribution in [0, 0.1) is 0 Å². The molecule has 2 aliphatic heterocycles. The fourth-order valence-electron chi connectivity index (χ4n) is 3.97. The Morgan fingerprint density at radius 2 is 1.71 bits per heavy atom. The van der Waals surface area contributed by atoms with E-state index in [-0.39, 0.29) is 43.0 Å². The molecule has 0 N–H and O–H groups in total. The molecule has 31 heavy (non-hydrogen) atoms. The zero-order chi connectivity index (χ0) is 22.2. The van der Waals surface area contributed by atoms with Crippen molar-refractivity contribution in [3.05, 3.63) is 29.1 Å². The average molecular weight is 437 g/mol. The molecule has 2 aromatic rings. The first-order chi connectivity index (χ1) is 14.7. The molecule has 0 aliphatic carbocycles. The maximum Gasteiger partial charge on any atom is 0.451 e. The maximum absolute atomic E-state index is 13.2. The van der Waals surface area contributed by atoms with Crippen LogP contribution in [0.15, 0.2) is 6.07 Å². The molecule has 8 nitrogen and oxygen atoms in total. The lowest BCUT2D eigenvalue weighted by Crippen LogP contribution is -2.40. The monoisotopic (exact) mass is 437 g/mol. The van der Waals surface area contributed by atoms with Crippen molar-refractivity contribution in [2.45, 2.75) is 64.7 Å². The van der Waals surface area contributed by atoms with Crippen molar-refractivity contribution in [2.75, 3.05) is 24.5 Å². The van der Waals surface area contributed by atoms with Gasteiger partial charge in [-0.15, -0.1) is 10.2 Å². The van der Waals surface area contributed by atoms with E-state index in [0.717, 1.165) is 36.2 Å². The molecule has 2 aromatic heterocycles. The molecule has 1 amide bonds. The summed E-state index contributed by atoms with van der Waals surface area (Å²) in [6.07, 6.45) is -0.122. The Bertz CT molecular complexity index is 949. The van der Waals surface area contributed by atoms with E-state index >= 15 is 0 Å². The number of rotatable bonds is 3. The van der Waals surface area contributed by atoms with Crippen molar-refractivity contribution < 1.29 is 18.0 Å². The molecule has 4 rings (SSSR count). The van der Waals surface area contributed by atoms with Crippen LogP contribution in [0.1, 0.15) is 73.3 Å². The predicted octanol–water partition coefficient (Wildman–Crippen LogP) is 3.25. The van der Waals surface area contributed by atoms with E-state index in [4.69, 9.17) is 0 Å².